The summed E-state index contributed by atoms with van der Waals surface area (Å²) in [4.78, 5) is 13.2. The van der Waals surface area contributed by atoms with Crippen molar-refractivity contribution >= 4 is 17.0 Å². The van der Waals surface area contributed by atoms with Crippen molar-refractivity contribution in [3.8, 4) is 0 Å². The molecule has 3 rings (SSSR count). The molecule has 2 fully saturated rings. The lowest BCUT2D eigenvalue weighted by Gasteiger charge is -2.37. The molecule has 2 aliphatic rings. The number of carbonyl (C=O) groups excluding carboxylic acids is 1. The van der Waals surface area contributed by atoms with E-state index in [0.29, 0.717) is 5.92 Å². The summed E-state index contributed by atoms with van der Waals surface area (Å²) in [6.45, 7) is 0. The van der Waals surface area contributed by atoms with E-state index in [0.717, 1.165) is 25.7 Å². The van der Waals surface area contributed by atoms with Gasteiger partial charge >= 0.3 is 5.37 Å². The number of piperidine rings is 1. The number of nitrogens with zero attached hydrogens (tertiary/aromatic N) is 1. The number of rotatable bonds is 1. The van der Waals surface area contributed by atoms with Crippen molar-refractivity contribution in [3.63, 3.8) is 0 Å². The molecular weight excluding hydrogens is 253 g/mol. The van der Waals surface area contributed by atoms with Gasteiger partial charge < -0.3 is 4.90 Å². The molecule has 0 spiro atoms. The number of halogens is 2. The number of amides is 1. The Kier molecular flexibility index (Phi) is 3.02. The molecule has 96 valence electrons. The molecule has 0 aliphatic carbocycles. The molecule has 0 radical (unpaired) electrons. The Balaban J connectivity index is 1.79. The third-order valence-corrected chi connectivity index (χ3v) is 4.47. The first kappa shape index (κ1) is 12.0. The van der Waals surface area contributed by atoms with Crippen molar-refractivity contribution in [2.45, 2.75) is 43.7 Å². The molecule has 1 unspecified atom stereocenters. The lowest BCUT2D eigenvalue weighted by molar-refractivity contribution is 0.158. The Morgan fingerprint density at radius 1 is 1.17 bits per heavy atom. The first-order valence-corrected chi connectivity index (χ1v) is 6.76. The minimum atomic E-state index is -0.319. The van der Waals surface area contributed by atoms with Crippen LogP contribution in [0.15, 0.2) is 24.3 Å². The Labute approximate surface area is 111 Å². The number of hydrogen-bond acceptors (Lipinski definition) is 1. The first-order chi connectivity index (χ1) is 8.65. The van der Waals surface area contributed by atoms with Crippen LogP contribution < -0.4 is 0 Å². The van der Waals surface area contributed by atoms with E-state index in [1.54, 1.807) is 0 Å². The molecule has 2 aliphatic heterocycles. The molecule has 3 atom stereocenters. The summed E-state index contributed by atoms with van der Waals surface area (Å²) in [5.41, 5.74) is 1.18. The van der Waals surface area contributed by atoms with Gasteiger partial charge in [-0.25, -0.2) is 4.39 Å². The second-order valence-corrected chi connectivity index (χ2v) is 5.59. The van der Waals surface area contributed by atoms with Crippen LogP contribution in [0.3, 0.4) is 0 Å². The molecule has 18 heavy (non-hydrogen) atoms. The Bertz CT molecular complexity index is 447. The van der Waals surface area contributed by atoms with Gasteiger partial charge in [-0.3, -0.25) is 4.79 Å². The normalized spacial score (nSPS) is 30.6. The molecule has 1 aromatic carbocycles. The van der Waals surface area contributed by atoms with Gasteiger partial charge in [0.2, 0.25) is 0 Å². The van der Waals surface area contributed by atoms with Gasteiger partial charge in [-0.05, 0) is 60.9 Å². The monoisotopic (exact) mass is 267 g/mol. The molecule has 0 N–H and O–H groups in total. The first-order valence-electron chi connectivity index (χ1n) is 6.38. The highest BCUT2D eigenvalue weighted by atomic mass is 35.5. The van der Waals surface area contributed by atoms with E-state index in [-0.39, 0.29) is 23.3 Å². The van der Waals surface area contributed by atoms with Crippen LogP contribution in [0, 0.1) is 5.82 Å². The van der Waals surface area contributed by atoms with Crippen molar-refractivity contribution in [2.24, 2.45) is 0 Å². The lowest BCUT2D eigenvalue weighted by Crippen LogP contribution is -2.43. The third-order valence-electron chi connectivity index (χ3n) is 4.28. The largest absolute Gasteiger partial charge is 0.323 e. The molecule has 4 heteroatoms. The standard InChI is InChI=1S/C14H15ClFNO/c15-14(18)17-12-5-6-13(17)8-10(7-12)9-1-3-11(16)4-2-9/h1-4,10,12-13H,5-8H2/t10?,12-,13+. The minimum absolute atomic E-state index is 0.199. The number of fused-ring (bicyclic) bond motifs is 2. The van der Waals surface area contributed by atoms with E-state index in [9.17, 15) is 9.18 Å². The van der Waals surface area contributed by atoms with Crippen molar-refractivity contribution < 1.29 is 9.18 Å². The molecule has 2 saturated heterocycles. The lowest BCUT2D eigenvalue weighted by atomic mass is 9.85. The van der Waals surface area contributed by atoms with E-state index in [4.69, 9.17) is 11.6 Å². The van der Waals surface area contributed by atoms with Crippen LogP contribution in [-0.2, 0) is 0 Å². The average Bonchev–Trinajstić information content (AvgIpc) is 2.62. The molecule has 1 amide bonds. The minimum Gasteiger partial charge on any atom is -0.323 e. The molecule has 0 aromatic heterocycles. The van der Waals surface area contributed by atoms with Crippen LogP contribution in [0.4, 0.5) is 9.18 Å². The maximum atomic E-state index is 12.9. The van der Waals surface area contributed by atoms with Gasteiger partial charge in [0.25, 0.3) is 0 Å². The van der Waals surface area contributed by atoms with E-state index >= 15 is 0 Å². The van der Waals surface area contributed by atoms with Gasteiger partial charge in [0, 0.05) is 12.1 Å². The van der Waals surface area contributed by atoms with Crippen molar-refractivity contribution in [3.05, 3.63) is 35.6 Å². The molecular formula is C14H15ClFNO. The van der Waals surface area contributed by atoms with Crippen LogP contribution in [0.2, 0.25) is 0 Å². The highest BCUT2D eigenvalue weighted by Gasteiger charge is 2.42. The summed E-state index contributed by atoms with van der Waals surface area (Å²) in [6, 6.07) is 7.27. The Morgan fingerprint density at radius 3 is 2.22 bits per heavy atom. The van der Waals surface area contributed by atoms with Gasteiger partial charge in [-0.2, -0.15) is 0 Å². The van der Waals surface area contributed by atoms with Gasteiger partial charge in [0.15, 0.2) is 0 Å². The maximum absolute atomic E-state index is 12.9. The van der Waals surface area contributed by atoms with E-state index < -0.39 is 0 Å². The summed E-state index contributed by atoms with van der Waals surface area (Å²) in [5, 5.41) is -0.319. The van der Waals surface area contributed by atoms with Gasteiger partial charge in [0.1, 0.15) is 5.82 Å². The quantitative estimate of drug-likeness (QED) is 0.558. The average molecular weight is 268 g/mol. The predicted octanol–water partition coefficient (Wildman–Crippen LogP) is 3.89. The Morgan fingerprint density at radius 2 is 1.72 bits per heavy atom. The van der Waals surface area contributed by atoms with Crippen LogP contribution in [0.5, 0.6) is 0 Å². The van der Waals surface area contributed by atoms with Gasteiger partial charge in [0.05, 0.1) is 0 Å². The van der Waals surface area contributed by atoms with Crippen LogP contribution in [0.25, 0.3) is 0 Å². The fourth-order valence-corrected chi connectivity index (χ4v) is 3.75. The third kappa shape index (κ3) is 2.01. The van der Waals surface area contributed by atoms with Gasteiger partial charge in [-0.15, -0.1) is 0 Å². The van der Waals surface area contributed by atoms with Crippen LogP contribution in [0.1, 0.15) is 37.2 Å². The molecule has 0 saturated carbocycles. The number of carbonyl (C=O) groups is 1. The summed E-state index contributed by atoms with van der Waals surface area (Å²) >= 11 is 5.64. The summed E-state index contributed by atoms with van der Waals surface area (Å²) < 4.78 is 12.9. The Hall–Kier alpha value is -1.09. The van der Waals surface area contributed by atoms with Crippen molar-refractivity contribution in [1.29, 1.82) is 0 Å². The second-order valence-electron chi connectivity index (χ2n) is 5.27. The highest BCUT2D eigenvalue weighted by Crippen LogP contribution is 2.43. The summed E-state index contributed by atoms with van der Waals surface area (Å²) in [5.74, 6) is 0.227. The van der Waals surface area contributed by atoms with E-state index in [2.05, 4.69) is 0 Å². The molecule has 2 heterocycles. The zero-order valence-electron chi connectivity index (χ0n) is 9.98. The second kappa shape index (κ2) is 4.54. The topological polar surface area (TPSA) is 20.3 Å². The van der Waals surface area contributed by atoms with Crippen molar-refractivity contribution in [2.75, 3.05) is 0 Å². The van der Waals surface area contributed by atoms with Crippen LogP contribution >= 0.6 is 11.6 Å². The van der Waals surface area contributed by atoms with Crippen LogP contribution in [-0.4, -0.2) is 22.3 Å². The van der Waals surface area contributed by atoms with Crippen molar-refractivity contribution in [1.82, 2.24) is 4.90 Å². The molecule has 1 aromatic rings. The zero-order valence-corrected chi connectivity index (χ0v) is 10.7. The van der Waals surface area contributed by atoms with E-state index in [1.165, 1.54) is 17.7 Å². The predicted molar refractivity (Wildman–Crippen MR) is 68.3 cm³/mol. The fourth-order valence-electron chi connectivity index (χ4n) is 3.47. The number of hydrogen-bond donors (Lipinski definition) is 0. The number of benzene rings is 1. The molecule has 2 nitrogen and oxygen atoms in total. The molecule has 2 bridgehead atoms. The summed E-state index contributed by atoms with van der Waals surface area (Å²) in [6.07, 6.45) is 3.98. The summed E-state index contributed by atoms with van der Waals surface area (Å²) in [7, 11) is 0. The smallest absolute Gasteiger partial charge is 0.316 e. The van der Waals surface area contributed by atoms with E-state index in [1.807, 2.05) is 17.0 Å². The SMILES string of the molecule is O=C(Cl)N1[C@@H]2CC[C@H]1CC(c1ccc(F)cc1)C2. The highest BCUT2D eigenvalue weighted by molar-refractivity contribution is 6.62. The zero-order chi connectivity index (χ0) is 12.7. The van der Waals surface area contributed by atoms with Gasteiger partial charge in [-0.1, -0.05) is 12.1 Å². The maximum Gasteiger partial charge on any atom is 0.316 e. The fraction of sp³-hybridized carbons (Fsp3) is 0.500.